The number of hydrogen-bond donors (Lipinski definition) is 1. The van der Waals surface area contributed by atoms with Crippen LogP contribution in [0.3, 0.4) is 0 Å². The number of rotatable bonds is 1. The minimum Gasteiger partial charge on any atom is -0.370 e. The van der Waals surface area contributed by atoms with Gasteiger partial charge in [-0.2, -0.15) is 0 Å². The molecule has 3 heteroatoms. The van der Waals surface area contributed by atoms with Crippen molar-refractivity contribution in [1.82, 2.24) is 5.32 Å². The maximum absolute atomic E-state index is 5.91. The standard InChI is InChI=1S/C13H17ClN2/c14-10-1-5-13(6-2-10)16-8-7-11-3-4-12(9-16)15-11/h1-2,5-6,11-12,15H,3-4,7-9H2. The highest BCUT2D eigenvalue weighted by Gasteiger charge is 2.29. The molecular weight excluding hydrogens is 220 g/mol. The summed E-state index contributed by atoms with van der Waals surface area (Å²) in [5, 5.41) is 4.51. The molecule has 2 unspecified atom stereocenters. The van der Waals surface area contributed by atoms with E-state index in [4.69, 9.17) is 11.6 Å². The average Bonchev–Trinajstić information content (AvgIpc) is 2.60. The zero-order valence-electron chi connectivity index (χ0n) is 9.32. The van der Waals surface area contributed by atoms with Crippen LogP contribution in [0.5, 0.6) is 0 Å². The van der Waals surface area contributed by atoms with Crippen molar-refractivity contribution in [3.63, 3.8) is 0 Å². The first-order valence-electron chi connectivity index (χ1n) is 6.08. The molecule has 1 aromatic carbocycles. The monoisotopic (exact) mass is 236 g/mol. The van der Waals surface area contributed by atoms with Crippen molar-refractivity contribution in [1.29, 1.82) is 0 Å². The van der Waals surface area contributed by atoms with Crippen LogP contribution in [0.1, 0.15) is 19.3 Å². The van der Waals surface area contributed by atoms with Crippen molar-refractivity contribution < 1.29 is 0 Å². The summed E-state index contributed by atoms with van der Waals surface area (Å²) in [5.41, 5.74) is 1.30. The molecule has 2 aliphatic heterocycles. The Morgan fingerprint density at radius 1 is 1.06 bits per heavy atom. The van der Waals surface area contributed by atoms with Gasteiger partial charge in [0.1, 0.15) is 0 Å². The first-order valence-corrected chi connectivity index (χ1v) is 6.45. The Morgan fingerprint density at radius 3 is 2.62 bits per heavy atom. The van der Waals surface area contributed by atoms with Gasteiger partial charge < -0.3 is 10.2 Å². The molecule has 2 bridgehead atoms. The van der Waals surface area contributed by atoms with Gasteiger partial charge in [0.25, 0.3) is 0 Å². The lowest BCUT2D eigenvalue weighted by Crippen LogP contribution is -2.35. The second-order valence-electron chi connectivity index (χ2n) is 4.85. The number of halogens is 1. The lowest BCUT2D eigenvalue weighted by atomic mass is 10.1. The van der Waals surface area contributed by atoms with Crippen LogP contribution < -0.4 is 10.2 Å². The van der Waals surface area contributed by atoms with Crippen molar-refractivity contribution in [2.45, 2.75) is 31.3 Å². The minimum absolute atomic E-state index is 0.683. The van der Waals surface area contributed by atoms with Crippen molar-refractivity contribution in [2.24, 2.45) is 0 Å². The van der Waals surface area contributed by atoms with E-state index in [2.05, 4.69) is 22.3 Å². The van der Waals surface area contributed by atoms with Gasteiger partial charge in [-0.15, -0.1) is 0 Å². The van der Waals surface area contributed by atoms with Crippen LogP contribution >= 0.6 is 11.6 Å². The van der Waals surface area contributed by atoms with Crippen LogP contribution in [0, 0.1) is 0 Å². The molecule has 2 saturated heterocycles. The topological polar surface area (TPSA) is 15.3 Å². The summed E-state index contributed by atoms with van der Waals surface area (Å²) in [6.45, 7) is 2.30. The maximum atomic E-state index is 5.91. The van der Waals surface area contributed by atoms with Gasteiger partial charge in [-0.3, -0.25) is 0 Å². The summed E-state index contributed by atoms with van der Waals surface area (Å²) in [7, 11) is 0. The second kappa shape index (κ2) is 4.27. The first kappa shape index (κ1) is 10.4. The molecule has 86 valence electrons. The lowest BCUT2D eigenvalue weighted by Gasteiger charge is -2.26. The second-order valence-corrected chi connectivity index (χ2v) is 5.29. The third kappa shape index (κ3) is 2.04. The Kier molecular flexibility index (Phi) is 2.78. The van der Waals surface area contributed by atoms with Gasteiger partial charge in [0.15, 0.2) is 0 Å². The number of benzene rings is 1. The van der Waals surface area contributed by atoms with Crippen LogP contribution in [0.2, 0.25) is 5.02 Å². The fourth-order valence-corrected chi connectivity index (χ4v) is 2.96. The smallest absolute Gasteiger partial charge is 0.0407 e. The van der Waals surface area contributed by atoms with E-state index in [1.54, 1.807) is 0 Å². The molecule has 2 nitrogen and oxygen atoms in total. The van der Waals surface area contributed by atoms with E-state index < -0.39 is 0 Å². The molecule has 0 aromatic heterocycles. The van der Waals surface area contributed by atoms with Crippen molar-refractivity contribution in [3.8, 4) is 0 Å². The third-order valence-electron chi connectivity index (χ3n) is 3.72. The van der Waals surface area contributed by atoms with E-state index in [0.29, 0.717) is 6.04 Å². The normalized spacial score (nSPS) is 29.2. The van der Waals surface area contributed by atoms with Gasteiger partial charge >= 0.3 is 0 Å². The summed E-state index contributed by atoms with van der Waals surface area (Å²) in [6.07, 6.45) is 3.95. The molecule has 3 rings (SSSR count). The summed E-state index contributed by atoms with van der Waals surface area (Å²) >= 11 is 5.91. The molecule has 0 saturated carbocycles. The number of nitrogens with zero attached hydrogens (tertiary/aromatic N) is 1. The molecule has 2 aliphatic rings. The van der Waals surface area contributed by atoms with Gasteiger partial charge in [-0.05, 0) is 43.5 Å². The molecule has 16 heavy (non-hydrogen) atoms. The van der Waals surface area contributed by atoms with E-state index in [1.165, 1.54) is 24.9 Å². The molecule has 0 amide bonds. The van der Waals surface area contributed by atoms with Crippen LogP contribution in [-0.2, 0) is 0 Å². The molecule has 0 spiro atoms. The summed E-state index contributed by atoms with van der Waals surface area (Å²) in [6, 6.07) is 9.65. The summed E-state index contributed by atoms with van der Waals surface area (Å²) in [4.78, 5) is 2.48. The molecule has 2 fully saturated rings. The van der Waals surface area contributed by atoms with Gasteiger partial charge in [-0.1, -0.05) is 11.6 Å². The average molecular weight is 237 g/mol. The van der Waals surface area contributed by atoms with Gasteiger partial charge in [0.05, 0.1) is 0 Å². The number of anilines is 1. The fourth-order valence-electron chi connectivity index (χ4n) is 2.83. The molecule has 0 aliphatic carbocycles. The third-order valence-corrected chi connectivity index (χ3v) is 3.97. The summed E-state index contributed by atoms with van der Waals surface area (Å²) in [5.74, 6) is 0. The van der Waals surface area contributed by atoms with Gasteiger partial charge in [0, 0.05) is 35.9 Å². The van der Waals surface area contributed by atoms with E-state index in [9.17, 15) is 0 Å². The van der Waals surface area contributed by atoms with E-state index in [-0.39, 0.29) is 0 Å². The van der Waals surface area contributed by atoms with Crippen LogP contribution in [-0.4, -0.2) is 25.2 Å². The molecular formula is C13H17ClN2. The van der Waals surface area contributed by atoms with Crippen LogP contribution in [0.25, 0.3) is 0 Å². The van der Waals surface area contributed by atoms with Crippen LogP contribution in [0.4, 0.5) is 5.69 Å². The predicted octanol–water partition coefficient (Wildman–Crippen LogP) is 2.67. The molecule has 1 N–H and O–H groups in total. The number of hydrogen-bond acceptors (Lipinski definition) is 2. The Morgan fingerprint density at radius 2 is 1.81 bits per heavy atom. The Labute approximate surface area is 102 Å². The lowest BCUT2D eigenvalue weighted by molar-refractivity contribution is 0.563. The Balaban J connectivity index is 1.77. The zero-order chi connectivity index (χ0) is 11.0. The van der Waals surface area contributed by atoms with E-state index in [0.717, 1.165) is 24.2 Å². The van der Waals surface area contributed by atoms with Gasteiger partial charge in [0.2, 0.25) is 0 Å². The van der Waals surface area contributed by atoms with Gasteiger partial charge in [-0.25, -0.2) is 0 Å². The van der Waals surface area contributed by atoms with Crippen molar-refractivity contribution >= 4 is 17.3 Å². The largest absolute Gasteiger partial charge is 0.370 e. The predicted molar refractivity (Wildman–Crippen MR) is 68.2 cm³/mol. The highest BCUT2D eigenvalue weighted by atomic mass is 35.5. The summed E-state index contributed by atoms with van der Waals surface area (Å²) < 4.78 is 0. The maximum Gasteiger partial charge on any atom is 0.0407 e. The Hall–Kier alpha value is -0.730. The van der Waals surface area contributed by atoms with Crippen LogP contribution in [0.15, 0.2) is 24.3 Å². The number of fused-ring (bicyclic) bond motifs is 2. The number of nitrogens with one attached hydrogen (secondary N) is 1. The highest BCUT2D eigenvalue weighted by Crippen LogP contribution is 2.25. The Bertz CT molecular complexity index is 363. The van der Waals surface area contributed by atoms with Crippen molar-refractivity contribution in [2.75, 3.05) is 18.0 Å². The molecule has 2 heterocycles. The van der Waals surface area contributed by atoms with E-state index in [1.807, 2.05) is 12.1 Å². The fraction of sp³-hybridized carbons (Fsp3) is 0.538. The molecule has 1 aromatic rings. The quantitative estimate of drug-likeness (QED) is 0.807. The zero-order valence-corrected chi connectivity index (χ0v) is 10.1. The van der Waals surface area contributed by atoms with Crippen molar-refractivity contribution in [3.05, 3.63) is 29.3 Å². The molecule has 0 radical (unpaired) electrons. The van der Waals surface area contributed by atoms with E-state index >= 15 is 0 Å². The SMILES string of the molecule is Clc1ccc(N2CCC3CCC(C2)N3)cc1. The highest BCUT2D eigenvalue weighted by molar-refractivity contribution is 6.30. The minimum atomic E-state index is 0.683. The molecule has 2 atom stereocenters. The first-order chi connectivity index (χ1) is 7.81.